The van der Waals surface area contributed by atoms with Crippen molar-refractivity contribution in [2.24, 2.45) is 11.8 Å². The maximum Gasteiger partial charge on any atom is 0.225 e. The van der Waals surface area contributed by atoms with Crippen LogP contribution < -0.4 is 0 Å². The second-order valence-corrected chi connectivity index (χ2v) is 4.26. The maximum atomic E-state index is 11.8. The predicted octanol–water partition coefficient (Wildman–Crippen LogP) is 1.26. The molecule has 0 aliphatic carbocycles. The Hall–Kier alpha value is -0.570. The Morgan fingerprint density at radius 3 is 2.50 bits per heavy atom. The van der Waals surface area contributed by atoms with Crippen molar-refractivity contribution in [3.63, 3.8) is 0 Å². The SMILES string of the molecule is CCC(C)C(=O)N1CCC(CO)CC1. The van der Waals surface area contributed by atoms with Crippen LogP contribution in [0.15, 0.2) is 0 Å². The van der Waals surface area contributed by atoms with Crippen molar-refractivity contribution in [1.29, 1.82) is 0 Å². The van der Waals surface area contributed by atoms with E-state index >= 15 is 0 Å². The number of carbonyl (C=O) groups excluding carboxylic acids is 1. The average Bonchev–Trinajstić information content (AvgIpc) is 2.27. The normalized spacial score (nSPS) is 20.9. The van der Waals surface area contributed by atoms with Crippen LogP contribution in [0, 0.1) is 11.8 Å². The number of aliphatic hydroxyl groups is 1. The number of nitrogens with zero attached hydrogens (tertiary/aromatic N) is 1. The largest absolute Gasteiger partial charge is 0.396 e. The smallest absolute Gasteiger partial charge is 0.225 e. The van der Waals surface area contributed by atoms with Crippen molar-refractivity contribution in [3.05, 3.63) is 0 Å². The molecule has 0 spiro atoms. The van der Waals surface area contributed by atoms with E-state index in [1.54, 1.807) is 0 Å². The first-order valence-corrected chi connectivity index (χ1v) is 5.58. The van der Waals surface area contributed by atoms with Crippen molar-refractivity contribution in [3.8, 4) is 0 Å². The number of hydrogen-bond donors (Lipinski definition) is 1. The van der Waals surface area contributed by atoms with Gasteiger partial charge in [-0.15, -0.1) is 0 Å². The molecule has 3 nitrogen and oxygen atoms in total. The van der Waals surface area contributed by atoms with Gasteiger partial charge in [0.2, 0.25) is 5.91 Å². The number of carbonyl (C=O) groups is 1. The van der Waals surface area contributed by atoms with E-state index in [2.05, 4.69) is 0 Å². The Bertz CT molecular complexity index is 186. The molecule has 0 aromatic heterocycles. The minimum atomic E-state index is 0.153. The zero-order chi connectivity index (χ0) is 10.6. The Labute approximate surface area is 86.1 Å². The first-order valence-electron chi connectivity index (χ1n) is 5.58. The fourth-order valence-electron chi connectivity index (χ4n) is 1.82. The molecule has 14 heavy (non-hydrogen) atoms. The lowest BCUT2D eigenvalue weighted by molar-refractivity contribution is -0.136. The predicted molar refractivity (Wildman–Crippen MR) is 55.8 cm³/mol. The number of rotatable bonds is 3. The van der Waals surface area contributed by atoms with Gasteiger partial charge in [-0.1, -0.05) is 13.8 Å². The zero-order valence-electron chi connectivity index (χ0n) is 9.20. The molecule has 0 saturated carbocycles. The second kappa shape index (κ2) is 5.35. The Morgan fingerprint density at radius 2 is 2.07 bits per heavy atom. The highest BCUT2D eigenvalue weighted by molar-refractivity contribution is 5.78. The summed E-state index contributed by atoms with van der Waals surface area (Å²) in [6, 6.07) is 0. The third kappa shape index (κ3) is 2.71. The summed E-state index contributed by atoms with van der Waals surface area (Å²) in [5.74, 6) is 0.848. The Kier molecular flexibility index (Phi) is 4.39. The first kappa shape index (κ1) is 11.5. The van der Waals surface area contributed by atoms with Gasteiger partial charge in [-0.25, -0.2) is 0 Å². The molecule has 1 aliphatic heterocycles. The van der Waals surface area contributed by atoms with Gasteiger partial charge in [0, 0.05) is 25.6 Å². The fraction of sp³-hybridized carbons (Fsp3) is 0.909. The molecule has 3 heteroatoms. The summed E-state index contributed by atoms with van der Waals surface area (Å²) in [5, 5.41) is 8.97. The van der Waals surface area contributed by atoms with Gasteiger partial charge in [0.25, 0.3) is 0 Å². The van der Waals surface area contributed by atoms with E-state index in [4.69, 9.17) is 5.11 Å². The first-order chi connectivity index (χ1) is 6.69. The van der Waals surface area contributed by atoms with Gasteiger partial charge in [-0.05, 0) is 25.2 Å². The molecular weight excluding hydrogens is 178 g/mol. The summed E-state index contributed by atoms with van der Waals surface area (Å²) in [6.45, 7) is 5.96. The summed E-state index contributed by atoms with van der Waals surface area (Å²) >= 11 is 0. The van der Waals surface area contributed by atoms with Crippen molar-refractivity contribution in [2.75, 3.05) is 19.7 Å². The van der Waals surface area contributed by atoms with Crippen LogP contribution in [0.3, 0.4) is 0 Å². The standard InChI is InChI=1S/C11H21NO2/c1-3-9(2)11(14)12-6-4-10(8-13)5-7-12/h9-10,13H,3-8H2,1-2H3. The molecule has 1 unspecified atom stereocenters. The number of piperidine rings is 1. The van der Waals surface area contributed by atoms with Crippen molar-refractivity contribution >= 4 is 5.91 Å². The molecule has 1 aliphatic rings. The average molecular weight is 199 g/mol. The minimum absolute atomic E-state index is 0.153. The van der Waals surface area contributed by atoms with E-state index < -0.39 is 0 Å². The number of hydrogen-bond acceptors (Lipinski definition) is 2. The van der Waals surface area contributed by atoms with Gasteiger partial charge in [-0.3, -0.25) is 4.79 Å². The monoisotopic (exact) mass is 199 g/mol. The van der Waals surface area contributed by atoms with E-state index in [-0.39, 0.29) is 18.4 Å². The third-order valence-electron chi connectivity index (χ3n) is 3.22. The van der Waals surface area contributed by atoms with E-state index in [1.165, 1.54) is 0 Å². The summed E-state index contributed by atoms with van der Waals surface area (Å²) in [6.07, 6.45) is 2.83. The molecular formula is C11H21NO2. The van der Waals surface area contributed by atoms with E-state index in [1.807, 2.05) is 18.7 Å². The number of amides is 1. The van der Waals surface area contributed by atoms with Crippen molar-refractivity contribution < 1.29 is 9.90 Å². The second-order valence-electron chi connectivity index (χ2n) is 4.26. The molecule has 0 radical (unpaired) electrons. The van der Waals surface area contributed by atoms with Crippen LogP contribution in [-0.4, -0.2) is 35.6 Å². The molecule has 1 atom stereocenters. The summed E-state index contributed by atoms with van der Waals surface area (Å²) in [5.41, 5.74) is 0. The molecule has 1 N–H and O–H groups in total. The highest BCUT2D eigenvalue weighted by atomic mass is 16.3. The van der Waals surface area contributed by atoms with Crippen LogP contribution >= 0.6 is 0 Å². The molecule has 0 aromatic carbocycles. The van der Waals surface area contributed by atoms with Crippen LogP contribution in [-0.2, 0) is 4.79 Å². The fourth-order valence-corrected chi connectivity index (χ4v) is 1.82. The van der Waals surface area contributed by atoms with Crippen molar-refractivity contribution in [2.45, 2.75) is 33.1 Å². The van der Waals surface area contributed by atoms with Gasteiger partial charge in [0.15, 0.2) is 0 Å². The summed E-state index contributed by atoms with van der Waals surface area (Å²) < 4.78 is 0. The van der Waals surface area contributed by atoms with E-state index in [9.17, 15) is 4.79 Å². The van der Waals surface area contributed by atoms with E-state index in [0.29, 0.717) is 5.92 Å². The molecule has 1 saturated heterocycles. The van der Waals surface area contributed by atoms with Crippen LogP contribution in [0.5, 0.6) is 0 Å². The molecule has 0 bridgehead atoms. The van der Waals surface area contributed by atoms with Gasteiger partial charge in [-0.2, -0.15) is 0 Å². The van der Waals surface area contributed by atoms with Crippen LogP contribution in [0.25, 0.3) is 0 Å². The molecule has 1 rings (SSSR count). The summed E-state index contributed by atoms with van der Waals surface area (Å²) in [4.78, 5) is 13.7. The number of likely N-dealkylation sites (tertiary alicyclic amines) is 1. The zero-order valence-corrected chi connectivity index (χ0v) is 9.20. The maximum absolute atomic E-state index is 11.8. The van der Waals surface area contributed by atoms with Gasteiger partial charge >= 0.3 is 0 Å². The lowest BCUT2D eigenvalue weighted by Gasteiger charge is -2.32. The molecule has 1 heterocycles. The molecule has 82 valence electrons. The highest BCUT2D eigenvalue weighted by Crippen LogP contribution is 2.18. The van der Waals surface area contributed by atoms with E-state index in [0.717, 1.165) is 32.4 Å². The minimum Gasteiger partial charge on any atom is -0.396 e. The van der Waals surface area contributed by atoms with Gasteiger partial charge in [0.1, 0.15) is 0 Å². The molecule has 0 aromatic rings. The van der Waals surface area contributed by atoms with Gasteiger partial charge in [0.05, 0.1) is 0 Å². The van der Waals surface area contributed by atoms with Crippen LogP contribution in [0.4, 0.5) is 0 Å². The Balaban J connectivity index is 2.37. The lowest BCUT2D eigenvalue weighted by atomic mass is 9.96. The quantitative estimate of drug-likeness (QED) is 0.743. The Morgan fingerprint density at radius 1 is 1.50 bits per heavy atom. The third-order valence-corrected chi connectivity index (χ3v) is 3.22. The molecule has 1 amide bonds. The van der Waals surface area contributed by atoms with Crippen LogP contribution in [0.1, 0.15) is 33.1 Å². The molecule has 1 fully saturated rings. The number of aliphatic hydroxyl groups excluding tert-OH is 1. The van der Waals surface area contributed by atoms with Gasteiger partial charge < -0.3 is 10.0 Å². The highest BCUT2D eigenvalue weighted by Gasteiger charge is 2.24. The van der Waals surface area contributed by atoms with Crippen molar-refractivity contribution in [1.82, 2.24) is 4.90 Å². The lowest BCUT2D eigenvalue weighted by Crippen LogP contribution is -2.41. The topological polar surface area (TPSA) is 40.5 Å². The summed E-state index contributed by atoms with van der Waals surface area (Å²) in [7, 11) is 0. The van der Waals surface area contributed by atoms with Crippen LogP contribution in [0.2, 0.25) is 0 Å².